The van der Waals surface area contributed by atoms with Gasteiger partial charge in [0.15, 0.2) is 5.82 Å². The maximum atomic E-state index is 5.75. The van der Waals surface area contributed by atoms with Crippen molar-refractivity contribution in [1.29, 1.82) is 0 Å². The van der Waals surface area contributed by atoms with Crippen molar-refractivity contribution < 1.29 is 0 Å². The number of aromatic nitrogens is 3. The summed E-state index contributed by atoms with van der Waals surface area (Å²) in [5.74, 6) is 0.711. The number of rotatable bonds is 3. The van der Waals surface area contributed by atoms with E-state index in [1.807, 2.05) is 19.4 Å². The number of hydrogen-bond acceptors (Lipinski definition) is 5. The first-order valence-electron chi connectivity index (χ1n) is 4.59. The van der Waals surface area contributed by atoms with E-state index in [1.165, 1.54) is 0 Å². The predicted molar refractivity (Wildman–Crippen MR) is 61.8 cm³/mol. The van der Waals surface area contributed by atoms with Crippen LogP contribution in [0.4, 0.5) is 11.5 Å². The minimum atomic E-state index is 0.657. The van der Waals surface area contributed by atoms with E-state index in [0.717, 1.165) is 10.7 Å². The summed E-state index contributed by atoms with van der Waals surface area (Å²) in [6, 6.07) is 0. The van der Waals surface area contributed by atoms with Gasteiger partial charge in [0, 0.05) is 18.6 Å². The molecular weight excluding hydrogens is 210 g/mol. The van der Waals surface area contributed by atoms with Crippen molar-refractivity contribution in [3.05, 3.63) is 22.3 Å². The minimum Gasteiger partial charge on any atom is -0.394 e. The van der Waals surface area contributed by atoms with Crippen molar-refractivity contribution >= 4 is 22.8 Å². The molecule has 15 heavy (non-hydrogen) atoms. The largest absolute Gasteiger partial charge is 0.394 e. The lowest BCUT2D eigenvalue weighted by Gasteiger charge is -2.00. The van der Waals surface area contributed by atoms with Gasteiger partial charge in [0.2, 0.25) is 0 Å². The van der Waals surface area contributed by atoms with Crippen LogP contribution in [0.2, 0.25) is 0 Å². The molecule has 2 heterocycles. The van der Waals surface area contributed by atoms with Gasteiger partial charge in [-0.1, -0.05) is 0 Å². The first-order valence-corrected chi connectivity index (χ1v) is 5.47. The lowest BCUT2D eigenvalue weighted by Crippen LogP contribution is -2.02. The Hall–Kier alpha value is -1.56. The van der Waals surface area contributed by atoms with Gasteiger partial charge in [-0.3, -0.25) is 4.68 Å². The van der Waals surface area contributed by atoms with Gasteiger partial charge in [-0.25, -0.2) is 4.98 Å². The zero-order valence-electron chi connectivity index (χ0n) is 8.69. The van der Waals surface area contributed by atoms with Crippen LogP contribution in [-0.4, -0.2) is 14.8 Å². The first-order chi connectivity index (χ1) is 7.15. The molecule has 2 aromatic rings. The smallest absolute Gasteiger partial charge is 0.171 e. The van der Waals surface area contributed by atoms with Crippen molar-refractivity contribution in [1.82, 2.24) is 14.8 Å². The lowest BCUT2D eigenvalue weighted by molar-refractivity contribution is 0.768. The summed E-state index contributed by atoms with van der Waals surface area (Å²) in [6.45, 7) is 2.65. The van der Waals surface area contributed by atoms with Gasteiger partial charge in [-0.05, 0) is 6.92 Å². The molecule has 0 aromatic carbocycles. The van der Waals surface area contributed by atoms with E-state index in [1.54, 1.807) is 22.2 Å². The van der Waals surface area contributed by atoms with Gasteiger partial charge < -0.3 is 11.1 Å². The number of nitrogens with two attached hydrogens (primary N) is 1. The van der Waals surface area contributed by atoms with E-state index < -0.39 is 0 Å². The molecule has 0 unspecified atom stereocenters. The van der Waals surface area contributed by atoms with E-state index in [9.17, 15) is 0 Å². The molecule has 0 bridgehead atoms. The van der Waals surface area contributed by atoms with Gasteiger partial charge in [0.1, 0.15) is 0 Å². The molecule has 5 nitrogen and oxygen atoms in total. The highest BCUT2D eigenvalue weighted by Crippen LogP contribution is 2.16. The molecule has 2 aromatic heterocycles. The molecular formula is C9H13N5S. The summed E-state index contributed by atoms with van der Waals surface area (Å²) in [6.07, 6.45) is 1.77. The highest BCUT2D eigenvalue weighted by Gasteiger charge is 2.04. The summed E-state index contributed by atoms with van der Waals surface area (Å²) in [5, 5.41) is 10.4. The summed E-state index contributed by atoms with van der Waals surface area (Å²) in [5.41, 5.74) is 7.42. The third-order valence-electron chi connectivity index (χ3n) is 1.96. The Kier molecular flexibility index (Phi) is 2.59. The van der Waals surface area contributed by atoms with Crippen molar-refractivity contribution in [3.8, 4) is 0 Å². The highest BCUT2D eigenvalue weighted by molar-refractivity contribution is 7.09. The predicted octanol–water partition coefficient (Wildman–Crippen LogP) is 1.38. The topological polar surface area (TPSA) is 68.8 Å². The number of thiazole rings is 1. The molecule has 6 heteroatoms. The van der Waals surface area contributed by atoms with Crippen LogP contribution in [0.25, 0.3) is 0 Å². The number of anilines is 2. The average molecular weight is 223 g/mol. The highest BCUT2D eigenvalue weighted by atomic mass is 32.1. The SMILES string of the molecule is Cc1nc(CNc2nn(C)cc2N)cs1. The van der Waals surface area contributed by atoms with Gasteiger partial charge in [-0.15, -0.1) is 11.3 Å². The molecule has 0 aliphatic carbocycles. The zero-order chi connectivity index (χ0) is 10.8. The van der Waals surface area contributed by atoms with E-state index >= 15 is 0 Å². The van der Waals surface area contributed by atoms with Crippen molar-refractivity contribution in [2.75, 3.05) is 11.1 Å². The lowest BCUT2D eigenvalue weighted by atomic mass is 10.4. The van der Waals surface area contributed by atoms with Crippen LogP contribution in [0.1, 0.15) is 10.7 Å². The van der Waals surface area contributed by atoms with E-state index in [-0.39, 0.29) is 0 Å². The van der Waals surface area contributed by atoms with Gasteiger partial charge in [0.25, 0.3) is 0 Å². The number of nitrogen functional groups attached to an aromatic ring is 1. The first kappa shape index (κ1) is 9.97. The Morgan fingerprint density at radius 1 is 1.60 bits per heavy atom. The second-order valence-corrected chi connectivity index (χ2v) is 4.38. The maximum absolute atomic E-state index is 5.75. The van der Waals surface area contributed by atoms with Crippen LogP contribution >= 0.6 is 11.3 Å². The van der Waals surface area contributed by atoms with E-state index in [2.05, 4.69) is 15.4 Å². The van der Waals surface area contributed by atoms with E-state index in [4.69, 9.17) is 5.73 Å². The molecule has 3 N–H and O–H groups in total. The minimum absolute atomic E-state index is 0.657. The molecule has 0 aliphatic heterocycles. The Labute approximate surface area is 91.9 Å². The average Bonchev–Trinajstić information content (AvgIpc) is 2.70. The Balaban J connectivity index is 2.01. The Morgan fingerprint density at radius 2 is 2.40 bits per heavy atom. The fraction of sp³-hybridized carbons (Fsp3) is 0.333. The van der Waals surface area contributed by atoms with E-state index in [0.29, 0.717) is 18.1 Å². The van der Waals surface area contributed by atoms with Gasteiger partial charge in [0.05, 0.1) is 22.9 Å². The molecule has 0 spiro atoms. The Morgan fingerprint density at radius 3 is 2.93 bits per heavy atom. The molecule has 0 atom stereocenters. The molecule has 0 saturated heterocycles. The third kappa shape index (κ3) is 2.27. The van der Waals surface area contributed by atoms with Gasteiger partial charge in [-0.2, -0.15) is 5.10 Å². The summed E-state index contributed by atoms with van der Waals surface area (Å²) >= 11 is 1.64. The number of nitrogens with one attached hydrogen (secondary N) is 1. The fourth-order valence-corrected chi connectivity index (χ4v) is 1.92. The molecule has 0 fully saturated rings. The molecule has 0 amide bonds. The van der Waals surface area contributed by atoms with Crippen LogP contribution < -0.4 is 11.1 Å². The molecule has 2 rings (SSSR count). The van der Waals surface area contributed by atoms with Crippen LogP contribution in [0.15, 0.2) is 11.6 Å². The monoisotopic (exact) mass is 223 g/mol. The summed E-state index contributed by atoms with van der Waals surface area (Å²) in [7, 11) is 1.84. The van der Waals surface area contributed by atoms with Crippen molar-refractivity contribution in [3.63, 3.8) is 0 Å². The zero-order valence-corrected chi connectivity index (χ0v) is 9.51. The molecule has 80 valence electrons. The molecule has 0 radical (unpaired) electrons. The van der Waals surface area contributed by atoms with Crippen molar-refractivity contribution in [2.24, 2.45) is 7.05 Å². The van der Waals surface area contributed by atoms with Crippen LogP contribution in [0.5, 0.6) is 0 Å². The number of aryl methyl sites for hydroxylation is 2. The van der Waals surface area contributed by atoms with Crippen LogP contribution in [-0.2, 0) is 13.6 Å². The Bertz CT molecular complexity index is 459. The number of hydrogen-bond donors (Lipinski definition) is 2. The number of nitrogens with zero attached hydrogens (tertiary/aromatic N) is 3. The molecule has 0 saturated carbocycles. The van der Waals surface area contributed by atoms with Crippen molar-refractivity contribution in [2.45, 2.75) is 13.5 Å². The van der Waals surface area contributed by atoms with Crippen LogP contribution in [0, 0.1) is 6.92 Å². The normalized spacial score (nSPS) is 10.5. The molecule has 0 aliphatic rings. The summed E-state index contributed by atoms with van der Waals surface area (Å²) < 4.78 is 1.68. The fourth-order valence-electron chi connectivity index (χ4n) is 1.31. The summed E-state index contributed by atoms with van der Waals surface area (Å²) in [4.78, 5) is 4.34. The quantitative estimate of drug-likeness (QED) is 0.824. The third-order valence-corrected chi connectivity index (χ3v) is 2.78. The van der Waals surface area contributed by atoms with Gasteiger partial charge >= 0.3 is 0 Å². The second-order valence-electron chi connectivity index (χ2n) is 3.32. The second kappa shape index (κ2) is 3.90. The standard InChI is InChI=1S/C9H13N5S/c1-6-12-7(5-15-6)3-11-9-8(10)4-14(2)13-9/h4-5H,3,10H2,1-2H3,(H,11,13). The van der Waals surface area contributed by atoms with Crippen LogP contribution in [0.3, 0.4) is 0 Å². The maximum Gasteiger partial charge on any atom is 0.171 e.